The van der Waals surface area contributed by atoms with Gasteiger partial charge in [0.2, 0.25) is 0 Å². The highest BCUT2D eigenvalue weighted by atomic mass is 16.4. The first-order chi connectivity index (χ1) is 14.6. The highest BCUT2D eigenvalue weighted by Crippen LogP contribution is 2.45. The van der Waals surface area contributed by atoms with Gasteiger partial charge in [0.15, 0.2) is 0 Å². The Labute approximate surface area is 178 Å². The fourth-order valence-corrected chi connectivity index (χ4v) is 5.69. The van der Waals surface area contributed by atoms with Crippen molar-refractivity contribution in [3.8, 4) is 0 Å². The van der Waals surface area contributed by atoms with Crippen LogP contribution in [0.2, 0.25) is 0 Å². The van der Waals surface area contributed by atoms with Crippen molar-refractivity contribution in [1.82, 2.24) is 4.57 Å². The first-order valence-electron chi connectivity index (χ1n) is 11.2. The molecule has 1 atom stereocenters. The average Bonchev–Trinajstić information content (AvgIpc) is 3.40. The van der Waals surface area contributed by atoms with Crippen LogP contribution in [0.15, 0.2) is 54.6 Å². The van der Waals surface area contributed by atoms with Gasteiger partial charge < -0.3 is 9.67 Å². The molecule has 2 aliphatic rings. The highest BCUT2D eigenvalue weighted by Gasteiger charge is 2.29. The second-order valence-corrected chi connectivity index (χ2v) is 8.95. The molecule has 3 heteroatoms. The van der Waals surface area contributed by atoms with Crippen LogP contribution < -0.4 is 0 Å². The van der Waals surface area contributed by atoms with Crippen LogP contribution in [0.4, 0.5) is 0 Å². The van der Waals surface area contributed by atoms with Gasteiger partial charge in [-0.15, -0.1) is 0 Å². The van der Waals surface area contributed by atoms with E-state index in [1.807, 2.05) is 12.1 Å². The van der Waals surface area contributed by atoms with E-state index in [1.165, 1.54) is 59.9 Å². The second-order valence-electron chi connectivity index (χ2n) is 8.95. The van der Waals surface area contributed by atoms with Gasteiger partial charge in [-0.05, 0) is 67.2 Å². The summed E-state index contributed by atoms with van der Waals surface area (Å²) < 4.78 is 2.29. The first-order valence-corrected chi connectivity index (χ1v) is 11.2. The van der Waals surface area contributed by atoms with Crippen molar-refractivity contribution >= 4 is 22.4 Å². The summed E-state index contributed by atoms with van der Waals surface area (Å²) in [4.78, 5) is 11.6. The van der Waals surface area contributed by atoms with Gasteiger partial charge in [0, 0.05) is 29.2 Å². The van der Waals surface area contributed by atoms with E-state index >= 15 is 0 Å². The minimum atomic E-state index is -0.857. The SMILES string of the molecule is Cn1c(C2CCCC2)c(C2=CCC(c3ccccc3)CC2)c2ccc(C(=O)O)cc21. The summed E-state index contributed by atoms with van der Waals surface area (Å²) in [7, 11) is 2.13. The minimum absolute atomic E-state index is 0.370. The van der Waals surface area contributed by atoms with Gasteiger partial charge in [0.25, 0.3) is 0 Å². The van der Waals surface area contributed by atoms with Gasteiger partial charge in [-0.25, -0.2) is 4.79 Å². The van der Waals surface area contributed by atoms with Crippen LogP contribution in [0.5, 0.6) is 0 Å². The molecule has 1 N–H and O–H groups in total. The van der Waals surface area contributed by atoms with Crippen LogP contribution in [-0.2, 0) is 7.05 Å². The number of hydrogen-bond acceptors (Lipinski definition) is 1. The number of carboxylic acids is 1. The minimum Gasteiger partial charge on any atom is -0.478 e. The van der Waals surface area contributed by atoms with Crippen LogP contribution in [-0.4, -0.2) is 15.6 Å². The quantitative estimate of drug-likeness (QED) is 0.519. The number of fused-ring (bicyclic) bond motifs is 1. The fourth-order valence-electron chi connectivity index (χ4n) is 5.69. The standard InChI is InChI=1S/C27H29NO2/c1-28-24-17-22(27(29)30)15-16-23(24)25(26(28)21-9-5-6-10-21)20-13-11-19(12-14-20)18-7-3-2-4-8-18/h2-4,7-8,13,15-17,19,21H,5-6,9-12,14H2,1H3,(H,29,30). The molecule has 0 spiro atoms. The summed E-state index contributed by atoms with van der Waals surface area (Å²) in [6, 6.07) is 16.5. The van der Waals surface area contributed by atoms with Crippen molar-refractivity contribution in [2.45, 2.75) is 56.8 Å². The summed E-state index contributed by atoms with van der Waals surface area (Å²) in [5.41, 5.74) is 7.13. The molecular weight excluding hydrogens is 370 g/mol. The molecule has 2 aromatic carbocycles. The van der Waals surface area contributed by atoms with Crippen LogP contribution in [0.3, 0.4) is 0 Å². The summed E-state index contributed by atoms with van der Waals surface area (Å²) in [5.74, 6) is 0.321. The van der Waals surface area contributed by atoms with Crippen molar-refractivity contribution < 1.29 is 9.90 Å². The molecule has 0 bridgehead atoms. The zero-order valence-corrected chi connectivity index (χ0v) is 17.6. The van der Waals surface area contributed by atoms with Crippen LogP contribution in [0.1, 0.15) is 84.0 Å². The monoisotopic (exact) mass is 399 g/mol. The number of rotatable bonds is 4. The largest absolute Gasteiger partial charge is 0.478 e. The number of nitrogens with zero attached hydrogens (tertiary/aromatic N) is 1. The van der Waals surface area contributed by atoms with Gasteiger partial charge in [-0.1, -0.05) is 55.3 Å². The molecule has 1 unspecified atom stereocenters. The Morgan fingerprint density at radius 3 is 2.43 bits per heavy atom. The van der Waals surface area contributed by atoms with E-state index < -0.39 is 5.97 Å². The molecule has 1 fully saturated rings. The topological polar surface area (TPSA) is 42.2 Å². The van der Waals surface area contributed by atoms with Crippen molar-refractivity contribution in [1.29, 1.82) is 0 Å². The van der Waals surface area contributed by atoms with Crippen molar-refractivity contribution in [3.63, 3.8) is 0 Å². The van der Waals surface area contributed by atoms with Gasteiger partial charge in [0.05, 0.1) is 5.56 Å². The Balaban J connectivity index is 1.60. The first kappa shape index (κ1) is 19.2. The molecule has 3 nitrogen and oxygen atoms in total. The number of aromatic carboxylic acids is 1. The predicted molar refractivity (Wildman–Crippen MR) is 122 cm³/mol. The molecule has 0 saturated heterocycles. The van der Waals surface area contributed by atoms with Gasteiger partial charge in [0.1, 0.15) is 0 Å². The maximum absolute atomic E-state index is 11.6. The number of allylic oxidation sites excluding steroid dienone is 2. The average molecular weight is 400 g/mol. The van der Waals surface area contributed by atoms with Crippen LogP contribution in [0.25, 0.3) is 16.5 Å². The van der Waals surface area contributed by atoms with Crippen molar-refractivity contribution in [2.75, 3.05) is 0 Å². The zero-order valence-electron chi connectivity index (χ0n) is 17.6. The molecule has 30 heavy (non-hydrogen) atoms. The fraction of sp³-hybridized carbons (Fsp3) is 0.370. The van der Waals surface area contributed by atoms with E-state index in [0.29, 0.717) is 17.4 Å². The van der Waals surface area contributed by atoms with Gasteiger partial charge in [-0.3, -0.25) is 0 Å². The number of carbonyl (C=O) groups is 1. The maximum Gasteiger partial charge on any atom is 0.335 e. The normalized spacial score (nSPS) is 19.9. The van der Waals surface area contributed by atoms with Gasteiger partial charge in [-0.2, -0.15) is 0 Å². The lowest BCUT2D eigenvalue weighted by Gasteiger charge is -2.24. The molecule has 0 radical (unpaired) electrons. The molecular formula is C27H29NO2. The predicted octanol–water partition coefficient (Wildman–Crippen LogP) is 6.89. The molecule has 1 saturated carbocycles. The summed E-state index contributed by atoms with van der Waals surface area (Å²) in [6.07, 6.45) is 10.9. The Kier molecular flexibility index (Phi) is 4.98. The number of aryl methyl sites for hydroxylation is 1. The highest BCUT2D eigenvalue weighted by molar-refractivity contribution is 5.99. The van der Waals surface area contributed by atoms with E-state index in [4.69, 9.17) is 0 Å². The molecule has 0 aliphatic heterocycles. The number of benzene rings is 2. The van der Waals surface area contributed by atoms with Gasteiger partial charge >= 0.3 is 5.97 Å². The van der Waals surface area contributed by atoms with E-state index in [0.717, 1.165) is 18.4 Å². The molecule has 5 rings (SSSR count). The van der Waals surface area contributed by atoms with Crippen LogP contribution in [0, 0.1) is 0 Å². The molecule has 1 aromatic heterocycles. The Hall–Kier alpha value is -2.81. The van der Waals surface area contributed by atoms with Crippen LogP contribution >= 0.6 is 0 Å². The van der Waals surface area contributed by atoms with E-state index in [2.05, 4.69) is 48.0 Å². The lowest BCUT2D eigenvalue weighted by molar-refractivity contribution is 0.0697. The lowest BCUT2D eigenvalue weighted by atomic mass is 9.81. The molecule has 2 aliphatic carbocycles. The molecule has 3 aromatic rings. The summed E-state index contributed by atoms with van der Waals surface area (Å²) >= 11 is 0. The second kappa shape index (κ2) is 7.79. The zero-order chi connectivity index (χ0) is 20.7. The smallest absolute Gasteiger partial charge is 0.335 e. The molecule has 154 valence electrons. The Morgan fingerprint density at radius 1 is 1.00 bits per heavy atom. The molecule has 0 amide bonds. The summed E-state index contributed by atoms with van der Waals surface area (Å²) in [5, 5.41) is 10.7. The van der Waals surface area contributed by atoms with Crippen molar-refractivity contribution in [2.24, 2.45) is 7.05 Å². The Morgan fingerprint density at radius 2 is 1.77 bits per heavy atom. The third-order valence-electron chi connectivity index (χ3n) is 7.24. The molecule has 1 heterocycles. The lowest BCUT2D eigenvalue weighted by Crippen LogP contribution is -2.07. The van der Waals surface area contributed by atoms with E-state index in [9.17, 15) is 9.90 Å². The third-order valence-corrected chi connectivity index (χ3v) is 7.24. The third kappa shape index (κ3) is 3.27. The summed E-state index contributed by atoms with van der Waals surface area (Å²) in [6.45, 7) is 0. The van der Waals surface area contributed by atoms with E-state index in [1.54, 1.807) is 6.07 Å². The maximum atomic E-state index is 11.6. The van der Waals surface area contributed by atoms with Crippen molar-refractivity contribution in [3.05, 3.63) is 77.0 Å². The van der Waals surface area contributed by atoms with E-state index in [-0.39, 0.29) is 0 Å². The Bertz CT molecular complexity index is 1120. The number of hydrogen-bond donors (Lipinski definition) is 1. The number of aromatic nitrogens is 1. The number of carboxylic acid groups (broad SMARTS) is 1.